The molecule has 3 aromatic carbocycles. The van der Waals surface area contributed by atoms with Gasteiger partial charge in [-0.1, -0.05) is 48.5 Å². The Hall–Kier alpha value is -2.83. The summed E-state index contributed by atoms with van der Waals surface area (Å²) in [6.07, 6.45) is -2.17. The van der Waals surface area contributed by atoms with Crippen LogP contribution >= 0.6 is 0 Å². The highest BCUT2D eigenvalue weighted by Gasteiger charge is 2.30. The molecule has 32 heavy (non-hydrogen) atoms. The fraction of sp³-hybridized carbons (Fsp3) is 0.308. The molecule has 1 aliphatic heterocycles. The van der Waals surface area contributed by atoms with Crippen LogP contribution in [-0.2, 0) is 12.7 Å². The summed E-state index contributed by atoms with van der Waals surface area (Å²) < 4.78 is 44.2. The fourth-order valence-corrected chi connectivity index (χ4v) is 4.31. The highest BCUT2D eigenvalue weighted by Crippen LogP contribution is 2.32. The number of ether oxygens (including phenoxy) is 1. The van der Waals surface area contributed by atoms with Crippen molar-refractivity contribution in [3.8, 4) is 16.9 Å². The van der Waals surface area contributed by atoms with E-state index >= 15 is 0 Å². The smallest absolute Gasteiger partial charge is 0.416 e. The second-order valence-electron chi connectivity index (χ2n) is 8.07. The number of hydrogen-bond acceptors (Lipinski definition) is 3. The lowest BCUT2D eigenvalue weighted by Gasteiger charge is -2.34. The molecular weight excluding hydrogens is 413 g/mol. The van der Waals surface area contributed by atoms with Crippen molar-refractivity contribution < 1.29 is 17.9 Å². The molecule has 0 aromatic heterocycles. The molecule has 168 valence electrons. The van der Waals surface area contributed by atoms with Gasteiger partial charge in [0.15, 0.2) is 0 Å². The molecule has 3 aromatic rings. The van der Waals surface area contributed by atoms with E-state index in [4.69, 9.17) is 4.74 Å². The van der Waals surface area contributed by atoms with Gasteiger partial charge in [-0.2, -0.15) is 13.2 Å². The fourth-order valence-electron chi connectivity index (χ4n) is 4.31. The Balaban J connectivity index is 1.53. The van der Waals surface area contributed by atoms with Gasteiger partial charge < -0.3 is 15.4 Å². The van der Waals surface area contributed by atoms with Gasteiger partial charge in [-0.05, 0) is 60.3 Å². The Labute approximate surface area is 186 Å². The predicted molar refractivity (Wildman–Crippen MR) is 120 cm³/mol. The lowest BCUT2D eigenvalue weighted by Crippen LogP contribution is -2.45. The summed E-state index contributed by atoms with van der Waals surface area (Å²) >= 11 is 0. The molecule has 0 bridgehead atoms. The molecule has 0 aliphatic carbocycles. The average Bonchev–Trinajstić information content (AvgIpc) is 2.83. The van der Waals surface area contributed by atoms with E-state index in [1.807, 2.05) is 24.3 Å². The van der Waals surface area contributed by atoms with E-state index in [-0.39, 0.29) is 12.1 Å². The van der Waals surface area contributed by atoms with Crippen LogP contribution in [0, 0.1) is 0 Å². The molecule has 0 radical (unpaired) electrons. The van der Waals surface area contributed by atoms with Crippen molar-refractivity contribution in [2.75, 3.05) is 13.7 Å². The summed E-state index contributed by atoms with van der Waals surface area (Å²) in [5, 5.41) is 7.30. The number of benzene rings is 3. The minimum atomic E-state index is -4.34. The highest BCUT2D eigenvalue weighted by molar-refractivity contribution is 5.66. The van der Waals surface area contributed by atoms with Gasteiger partial charge in [-0.15, -0.1) is 0 Å². The summed E-state index contributed by atoms with van der Waals surface area (Å²) in [5.41, 5.74) is 3.19. The van der Waals surface area contributed by atoms with Gasteiger partial charge in [0.1, 0.15) is 5.75 Å². The van der Waals surface area contributed by atoms with Crippen LogP contribution in [0.3, 0.4) is 0 Å². The van der Waals surface area contributed by atoms with Gasteiger partial charge in [0.25, 0.3) is 0 Å². The van der Waals surface area contributed by atoms with Crippen LogP contribution in [0.15, 0.2) is 72.8 Å². The number of hydrogen-bond donors (Lipinski definition) is 2. The summed E-state index contributed by atoms with van der Waals surface area (Å²) in [7, 11) is 1.63. The molecule has 1 aliphatic rings. The molecule has 1 heterocycles. The van der Waals surface area contributed by atoms with Gasteiger partial charge >= 0.3 is 6.18 Å². The van der Waals surface area contributed by atoms with Gasteiger partial charge in [0.2, 0.25) is 0 Å². The third kappa shape index (κ3) is 5.14. The molecule has 6 heteroatoms. The van der Waals surface area contributed by atoms with Gasteiger partial charge in [0, 0.05) is 24.2 Å². The molecule has 2 N–H and O–H groups in total. The van der Waals surface area contributed by atoms with Crippen LogP contribution < -0.4 is 15.4 Å². The maximum atomic E-state index is 12.9. The molecule has 2 atom stereocenters. The van der Waals surface area contributed by atoms with Crippen molar-refractivity contribution in [1.29, 1.82) is 0 Å². The molecule has 3 nitrogen and oxygen atoms in total. The van der Waals surface area contributed by atoms with Crippen molar-refractivity contribution in [2.24, 2.45) is 0 Å². The zero-order valence-corrected chi connectivity index (χ0v) is 18.0. The Kier molecular flexibility index (Phi) is 6.82. The Morgan fingerprint density at radius 1 is 0.969 bits per heavy atom. The summed E-state index contributed by atoms with van der Waals surface area (Å²) in [6.45, 7) is 1.60. The maximum Gasteiger partial charge on any atom is 0.416 e. The van der Waals surface area contributed by atoms with Crippen LogP contribution in [0.25, 0.3) is 11.1 Å². The number of alkyl halides is 3. The van der Waals surface area contributed by atoms with E-state index in [0.717, 1.165) is 54.0 Å². The molecule has 0 spiro atoms. The zero-order valence-electron chi connectivity index (χ0n) is 18.0. The largest absolute Gasteiger partial charge is 0.496 e. The first kappa shape index (κ1) is 22.4. The standard InChI is InChI=1S/C26H27F3N2O/c1-32-24-14-11-20(18-9-12-22(13-10-18)26(27,28)29)16-21(24)17-31-23-8-5-15-30-25(23)19-6-3-2-4-7-19/h2-4,6-7,9-14,16,23,25,30-31H,5,8,15,17H2,1H3. The number of nitrogens with one attached hydrogen (secondary N) is 2. The van der Waals surface area contributed by atoms with Crippen molar-refractivity contribution in [2.45, 2.75) is 37.6 Å². The Morgan fingerprint density at radius 3 is 2.38 bits per heavy atom. The second kappa shape index (κ2) is 9.76. The van der Waals surface area contributed by atoms with Crippen molar-refractivity contribution >= 4 is 0 Å². The van der Waals surface area contributed by atoms with Crippen molar-refractivity contribution in [1.82, 2.24) is 10.6 Å². The maximum absolute atomic E-state index is 12.9. The Morgan fingerprint density at radius 2 is 1.69 bits per heavy atom. The number of piperidine rings is 1. The van der Waals surface area contributed by atoms with E-state index in [1.54, 1.807) is 7.11 Å². The van der Waals surface area contributed by atoms with E-state index in [9.17, 15) is 13.2 Å². The first-order valence-electron chi connectivity index (χ1n) is 10.8. The zero-order chi connectivity index (χ0) is 22.6. The highest BCUT2D eigenvalue weighted by atomic mass is 19.4. The minimum Gasteiger partial charge on any atom is -0.496 e. The summed E-state index contributed by atoms with van der Waals surface area (Å²) in [6, 6.07) is 21.9. The minimum absolute atomic E-state index is 0.231. The van der Waals surface area contributed by atoms with Crippen LogP contribution in [0.4, 0.5) is 13.2 Å². The summed E-state index contributed by atoms with van der Waals surface area (Å²) in [4.78, 5) is 0. The lowest BCUT2D eigenvalue weighted by atomic mass is 9.92. The number of methoxy groups -OCH3 is 1. The third-order valence-electron chi connectivity index (χ3n) is 6.00. The quantitative estimate of drug-likeness (QED) is 0.496. The summed E-state index contributed by atoms with van der Waals surface area (Å²) in [5.74, 6) is 0.758. The molecule has 0 saturated carbocycles. The van der Waals surface area contributed by atoms with E-state index in [0.29, 0.717) is 6.54 Å². The van der Waals surface area contributed by atoms with Gasteiger partial charge in [-0.3, -0.25) is 0 Å². The molecule has 1 fully saturated rings. The van der Waals surface area contributed by atoms with E-state index in [1.165, 1.54) is 17.7 Å². The first-order valence-corrected chi connectivity index (χ1v) is 10.8. The molecule has 4 rings (SSSR count). The van der Waals surface area contributed by atoms with Crippen molar-refractivity contribution in [3.05, 3.63) is 89.5 Å². The molecule has 1 saturated heterocycles. The number of rotatable bonds is 6. The van der Waals surface area contributed by atoms with Crippen LogP contribution in [0.5, 0.6) is 5.75 Å². The molecule has 0 amide bonds. The van der Waals surface area contributed by atoms with Gasteiger partial charge in [0.05, 0.1) is 12.7 Å². The van der Waals surface area contributed by atoms with Crippen LogP contribution in [0.2, 0.25) is 0 Å². The van der Waals surface area contributed by atoms with Gasteiger partial charge in [-0.25, -0.2) is 0 Å². The van der Waals surface area contributed by atoms with E-state index in [2.05, 4.69) is 34.9 Å². The first-order chi connectivity index (χ1) is 15.5. The van der Waals surface area contributed by atoms with E-state index < -0.39 is 11.7 Å². The predicted octanol–water partition coefficient (Wildman–Crippen LogP) is 5.96. The normalized spacial score (nSPS) is 19.0. The third-order valence-corrected chi connectivity index (χ3v) is 6.00. The lowest BCUT2D eigenvalue weighted by molar-refractivity contribution is -0.137. The van der Waals surface area contributed by atoms with Crippen LogP contribution in [0.1, 0.15) is 35.6 Å². The molecule has 2 unspecified atom stereocenters. The second-order valence-corrected chi connectivity index (χ2v) is 8.07. The number of halogens is 3. The Bertz CT molecular complexity index is 1020. The average molecular weight is 441 g/mol. The monoisotopic (exact) mass is 440 g/mol. The van der Waals surface area contributed by atoms with Crippen LogP contribution in [-0.4, -0.2) is 19.7 Å². The SMILES string of the molecule is COc1ccc(-c2ccc(C(F)(F)F)cc2)cc1CNC1CCCNC1c1ccccc1. The molecular formula is C26H27F3N2O. The topological polar surface area (TPSA) is 33.3 Å². The van der Waals surface area contributed by atoms with Crippen molar-refractivity contribution in [3.63, 3.8) is 0 Å².